The van der Waals surface area contributed by atoms with Crippen molar-refractivity contribution in [3.8, 4) is 0 Å². The highest BCUT2D eigenvalue weighted by Crippen LogP contribution is 2.13. The van der Waals surface area contributed by atoms with E-state index in [1.807, 2.05) is 0 Å². The van der Waals surface area contributed by atoms with Crippen molar-refractivity contribution in [2.75, 3.05) is 17.8 Å². The van der Waals surface area contributed by atoms with E-state index in [2.05, 4.69) is 13.8 Å². The molecule has 0 saturated heterocycles. The van der Waals surface area contributed by atoms with Gasteiger partial charge in [0.2, 0.25) is 0 Å². The Morgan fingerprint density at radius 2 is 1.93 bits per heavy atom. The maximum absolute atomic E-state index is 10.8. The largest absolute Gasteiger partial charge is 0.392 e. The summed E-state index contributed by atoms with van der Waals surface area (Å²) in [6.45, 7) is 4.15. The minimum absolute atomic E-state index is 0.177. The van der Waals surface area contributed by atoms with Crippen LogP contribution in [0.2, 0.25) is 0 Å². The number of sulfone groups is 1. The van der Waals surface area contributed by atoms with Crippen LogP contribution in [0.15, 0.2) is 0 Å². The number of aliphatic hydroxyl groups excluding tert-OH is 1. The lowest BCUT2D eigenvalue weighted by atomic mass is 10.2. The second kappa shape index (κ2) is 6.69. The molecule has 1 atom stereocenters. The Kier molecular flexibility index (Phi) is 6.81. The number of hydrogen-bond donors (Lipinski definition) is 1. The molecule has 86 valence electrons. The average Bonchev–Trinajstić information content (AvgIpc) is 1.98. The van der Waals surface area contributed by atoms with Crippen molar-refractivity contribution in [1.82, 2.24) is 0 Å². The molecule has 0 fully saturated rings. The Hall–Kier alpha value is 0.260. The molecule has 0 heterocycles. The summed E-state index contributed by atoms with van der Waals surface area (Å²) in [5.41, 5.74) is 0. The van der Waals surface area contributed by atoms with E-state index in [0.717, 1.165) is 0 Å². The molecule has 14 heavy (non-hydrogen) atoms. The minimum Gasteiger partial charge on any atom is -0.392 e. The number of hydrogen-bond acceptors (Lipinski definition) is 4. The van der Waals surface area contributed by atoms with Crippen LogP contribution in [0.25, 0.3) is 0 Å². The highest BCUT2D eigenvalue weighted by Gasteiger charge is 2.08. The second-order valence-corrected chi connectivity index (χ2v) is 7.68. The van der Waals surface area contributed by atoms with Crippen LogP contribution in [-0.2, 0) is 9.84 Å². The maximum Gasteiger partial charge on any atom is 0.147 e. The van der Waals surface area contributed by atoms with Gasteiger partial charge in [0.1, 0.15) is 9.84 Å². The molecule has 3 nitrogen and oxygen atoms in total. The first kappa shape index (κ1) is 14.3. The molecule has 1 N–H and O–H groups in total. The van der Waals surface area contributed by atoms with Gasteiger partial charge in [-0.15, -0.1) is 0 Å². The van der Waals surface area contributed by atoms with Gasteiger partial charge in [0.05, 0.1) is 6.10 Å². The quantitative estimate of drug-likeness (QED) is 0.729. The van der Waals surface area contributed by atoms with E-state index in [1.54, 1.807) is 11.8 Å². The summed E-state index contributed by atoms with van der Waals surface area (Å²) in [7, 11) is -2.87. The summed E-state index contributed by atoms with van der Waals surface area (Å²) in [6.07, 6.45) is 1.98. The molecular weight excluding hydrogens is 220 g/mol. The van der Waals surface area contributed by atoms with Crippen molar-refractivity contribution in [3.63, 3.8) is 0 Å². The van der Waals surface area contributed by atoms with Crippen molar-refractivity contribution >= 4 is 21.6 Å². The molecule has 0 aromatic carbocycles. The Bertz CT molecular complexity index is 234. The van der Waals surface area contributed by atoms with Crippen LogP contribution in [0.1, 0.15) is 26.7 Å². The molecule has 5 heteroatoms. The standard InChI is InChI=1S/C9H20O3S2/c1-8(2)13-7-9(10)5-4-6-14(3,11)12/h8-10H,4-7H2,1-3H3. The first-order valence-corrected chi connectivity index (χ1v) is 7.89. The van der Waals surface area contributed by atoms with Crippen LogP contribution < -0.4 is 0 Å². The van der Waals surface area contributed by atoms with Crippen LogP contribution in [0.5, 0.6) is 0 Å². The molecule has 0 saturated carbocycles. The van der Waals surface area contributed by atoms with E-state index in [4.69, 9.17) is 0 Å². The molecule has 0 aromatic rings. The molecular formula is C9H20O3S2. The first-order valence-electron chi connectivity index (χ1n) is 4.78. The smallest absolute Gasteiger partial charge is 0.147 e. The zero-order valence-electron chi connectivity index (χ0n) is 9.06. The van der Waals surface area contributed by atoms with E-state index in [-0.39, 0.29) is 11.9 Å². The number of thioether (sulfide) groups is 1. The number of aliphatic hydroxyl groups is 1. The third-order valence-electron chi connectivity index (χ3n) is 1.67. The van der Waals surface area contributed by atoms with Gasteiger partial charge in [-0.05, 0) is 18.1 Å². The third-order valence-corrected chi connectivity index (χ3v) is 3.95. The molecule has 0 amide bonds. The summed E-state index contributed by atoms with van der Waals surface area (Å²) in [6, 6.07) is 0. The van der Waals surface area contributed by atoms with E-state index < -0.39 is 9.84 Å². The Morgan fingerprint density at radius 3 is 2.36 bits per heavy atom. The summed E-state index contributed by atoms with van der Waals surface area (Å²) in [5, 5.41) is 9.99. The fourth-order valence-corrected chi connectivity index (χ4v) is 2.43. The lowest BCUT2D eigenvalue weighted by molar-refractivity contribution is 0.188. The van der Waals surface area contributed by atoms with Crippen molar-refractivity contribution in [1.29, 1.82) is 0 Å². The molecule has 0 aromatic heterocycles. The van der Waals surface area contributed by atoms with Gasteiger partial charge in [-0.1, -0.05) is 13.8 Å². The van der Waals surface area contributed by atoms with Gasteiger partial charge in [0, 0.05) is 17.8 Å². The number of rotatable bonds is 7. The first-order chi connectivity index (χ1) is 6.31. The van der Waals surface area contributed by atoms with Crippen molar-refractivity contribution < 1.29 is 13.5 Å². The SMILES string of the molecule is CC(C)SCC(O)CCCS(C)(=O)=O. The lowest BCUT2D eigenvalue weighted by Gasteiger charge is -2.11. The van der Waals surface area contributed by atoms with E-state index >= 15 is 0 Å². The zero-order valence-corrected chi connectivity index (χ0v) is 10.7. The summed E-state index contributed by atoms with van der Waals surface area (Å²) >= 11 is 1.70. The average molecular weight is 240 g/mol. The van der Waals surface area contributed by atoms with Crippen molar-refractivity contribution in [2.45, 2.75) is 38.0 Å². The molecule has 0 rings (SSSR count). The molecule has 0 aliphatic rings. The lowest BCUT2D eigenvalue weighted by Crippen LogP contribution is -2.14. The molecule has 1 unspecified atom stereocenters. The molecule has 0 radical (unpaired) electrons. The van der Waals surface area contributed by atoms with Crippen LogP contribution in [0.4, 0.5) is 0 Å². The second-order valence-electron chi connectivity index (χ2n) is 3.81. The summed E-state index contributed by atoms with van der Waals surface area (Å²) in [5.74, 6) is 0.873. The highest BCUT2D eigenvalue weighted by atomic mass is 32.2. The van der Waals surface area contributed by atoms with Crippen LogP contribution in [0, 0.1) is 0 Å². The van der Waals surface area contributed by atoms with Crippen LogP contribution in [-0.4, -0.2) is 42.6 Å². The highest BCUT2D eigenvalue weighted by molar-refractivity contribution is 7.99. The normalized spacial score (nSPS) is 14.6. The minimum atomic E-state index is -2.87. The Morgan fingerprint density at radius 1 is 1.36 bits per heavy atom. The zero-order chi connectivity index (χ0) is 11.2. The van der Waals surface area contributed by atoms with Crippen molar-refractivity contribution in [2.24, 2.45) is 0 Å². The monoisotopic (exact) mass is 240 g/mol. The van der Waals surface area contributed by atoms with Gasteiger partial charge >= 0.3 is 0 Å². The fraction of sp³-hybridized carbons (Fsp3) is 1.00. The van der Waals surface area contributed by atoms with Gasteiger partial charge < -0.3 is 5.11 Å². The van der Waals surface area contributed by atoms with Gasteiger partial charge in [-0.25, -0.2) is 8.42 Å². The van der Waals surface area contributed by atoms with Gasteiger partial charge in [0.25, 0.3) is 0 Å². The van der Waals surface area contributed by atoms with Gasteiger partial charge in [0.15, 0.2) is 0 Å². The predicted octanol–water partition coefficient (Wildman–Crippen LogP) is 1.31. The Labute approximate surface area is 91.2 Å². The van der Waals surface area contributed by atoms with Crippen molar-refractivity contribution in [3.05, 3.63) is 0 Å². The van der Waals surface area contributed by atoms with Gasteiger partial charge in [-0.3, -0.25) is 0 Å². The van der Waals surface area contributed by atoms with E-state index in [0.29, 0.717) is 23.8 Å². The molecule has 0 aliphatic heterocycles. The molecule has 0 aliphatic carbocycles. The third kappa shape index (κ3) is 10.3. The Balaban J connectivity index is 3.50. The topological polar surface area (TPSA) is 54.4 Å². The fourth-order valence-electron chi connectivity index (χ4n) is 0.968. The van der Waals surface area contributed by atoms with E-state index in [9.17, 15) is 13.5 Å². The van der Waals surface area contributed by atoms with Gasteiger partial charge in [-0.2, -0.15) is 11.8 Å². The maximum atomic E-state index is 10.8. The molecule has 0 bridgehead atoms. The summed E-state index contributed by atoms with van der Waals surface area (Å²) < 4.78 is 21.6. The summed E-state index contributed by atoms with van der Waals surface area (Å²) in [4.78, 5) is 0. The van der Waals surface area contributed by atoms with Crippen LogP contribution >= 0.6 is 11.8 Å². The predicted molar refractivity (Wildman–Crippen MR) is 62.5 cm³/mol. The molecule has 0 spiro atoms. The van der Waals surface area contributed by atoms with E-state index in [1.165, 1.54) is 6.26 Å². The van der Waals surface area contributed by atoms with Crippen LogP contribution in [0.3, 0.4) is 0 Å².